The highest BCUT2D eigenvalue weighted by Gasteiger charge is 2.32. The second-order valence-electron chi connectivity index (χ2n) is 6.78. The lowest BCUT2D eigenvalue weighted by molar-refractivity contribution is 0.148. The van der Waals surface area contributed by atoms with Crippen LogP contribution in [-0.4, -0.2) is 13.1 Å². The van der Waals surface area contributed by atoms with Gasteiger partial charge in [-0.25, -0.2) is 0 Å². The minimum absolute atomic E-state index is 0.448. The van der Waals surface area contributed by atoms with Crippen molar-refractivity contribution in [3.8, 4) is 0 Å². The molecule has 16 heavy (non-hydrogen) atoms. The molecule has 0 heterocycles. The molecule has 0 aromatic rings. The standard InChI is InChI=1S/C15H31N/c1-6-12-9-7-8-10-13(12)14(16-5)11-15(2,3)4/h12-14,16H,6-11H2,1-5H3. The third kappa shape index (κ3) is 4.08. The maximum atomic E-state index is 3.59. The zero-order chi connectivity index (χ0) is 12.2. The van der Waals surface area contributed by atoms with E-state index < -0.39 is 0 Å². The van der Waals surface area contributed by atoms with E-state index in [1.165, 1.54) is 38.5 Å². The van der Waals surface area contributed by atoms with Gasteiger partial charge in [0.25, 0.3) is 0 Å². The lowest BCUT2D eigenvalue weighted by Crippen LogP contribution is -2.41. The van der Waals surface area contributed by atoms with E-state index in [0.717, 1.165) is 17.9 Å². The van der Waals surface area contributed by atoms with E-state index in [1.807, 2.05) is 0 Å². The van der Waals surface area contributed by atoms with Crippen molar-refractivity contribution in [2.24, 2.45) is 17.3 Å². The molecule has 0 radical (unpaired) electrons. The molecule has 0 saturated heterocycles. The van der Waals surface area contributed by atoms with Crippen LogP contribution in [0.2, 0.25) is 0 Å². The largest absolute Gasteiger partial charge is 0.317 e. The Labute approximate surface area is 102 Å². The van der Waals surface area contributed by atoms with Crippen LogP contribution in [0.3, 0.4) is 0 Å². The fraction of sp³-hybridized carbons (Fsp3) is 1.00. The molecule has 0 aromatic carbocycles. The molecule has 1 nitrogen and oxygen atoms in total. The Kier molecular flexibility index (Phi) is 5.30. The number of hydrogen-bond donors (Lipinski definition) is 1. The van der Waals surface area contributed by atoms with Gasteiger partial charge in [-0.3, -0.25) is 0 Å². The molecular formula is C15H31N. The first-order valence-electron chi connectivity index (χ1n) is 7.15. The highest BCUT2D eigenvalue weighted by atomic mass is 14.9. The first-order chi connectivity index (χ1) is 7.48. The van der Waals surface area contributed by atoms with Gasteiger partial charge in [0.15, 0.2) is 0 Å². The summed E-state index contributed by atoms with van der Waals surface area (Å²) in [5.41, 5.74) is 0.448. The van der Waals surface area contributed by atoms with Gasteiger partial charge in [-0.2, -0.15) is 0 Å². The third-order valence-electron chi connectivity index (χ3n) is 4.21. The molecule has 0 amide bonds. The highest BCUT2D eigenvalue weighted by molar-refractivity contribution is 4.86. The van der Waals surface area contributed by atoms with Gasteiger partial charge in [0, 0.05) is 6.04 Å². The lowest BCUT2D eigenvalue weighted by atomic mass is 9.70. The molecular weight excluding hydrogens is 194 g/mol. The van der Waals surface area contributed by atoms with Crippen LogP contribution in [0.5, 0.6) is 0 Å². The molecule has 0 aliphatic heterocycles. The highest BCUT2D eigenvalue weighted by Crippen LogP contribution is 2.37. The Morgan fingerprint density at radius 3 is 2.31 bits per heavy atom. The molecule has 1 heteroatoms. The van der Waals surface area contributed by atoms with Crippen LogP contribution < -0.4 is 5.32 Å². The minimum Gasteiger partial charge on any atom is -0.317 e. The summed E-state index contributed by atoms with van der Waals surface area (Å²) in [6.45, 7) is 9.45. The van der Waals surface area contributed by atoms with E-state index in [0.29, 0.717) is 5.41 Å². The molecule has 1 saturated carbocycles. The SMILES string of the molecule is CCC1CCCCC1C(CC(C)(C)C)NC. The monoisotopic (exact) mass is 225 g/mol. The second-order valence-corrected chi connectivity index (χ2v) is 6.78. The van der Waals surface area contributed by atoms with Crippen molar-refractivity contribution in [1.29, 1.82) is 0 Å². The summed E-state index contributed by atoms with van der Waals surface area (Å²) >= 11 is 0. The quantitative estimate of drug-likeness (QED) is 0.755. The molecule has 1 aliphatic carbocycles. The first kappa shape index (κ1) is 14.0. The Balaban J connectivity index is 2.62. The average Bonchev–Trinajstić information content (AvgIpc) is 2.24. The summed E-state index contributed by atoms with van der Waals surface area (Å²) in [4.78, 5) is 0. The molecule has 1 rings (SSSR count). The van der Waals surface area contributed by atoms with E-state index in [4.69, 9.17) is 0 Å². The van der Waals surface area contributed by atoms with Crippen molar-refractivity contribution in [2.75, 3.05) is 7.05 Å². The van der Waals surface area contributed by atoms with Crippen molar-refractivity contribution in [3.05, 3.63) is 0 Å². The second kappa shape index (κ2) is 6.05. The first-order valence-corrected chi connectivity index (χ1v) is 7.15. The molecule has 3 unspecified atom stereocenters. The summed E-state index contributed by atoms with van der Waals surface area (Å²) in [5.74, 6) is 1.89. The third-order valence-corrected chi connectivity index (χ3v) is 4.21. The summed E-state index contributed by atoms with van der Waals surface area (Å²) in [6.07, 6.45) is 8.49. The zero-order valence-electron chi connectivity index (χ0n) is 12.0. The lowest BCUT2D eigenvalue weighted by Gasteiger charge is -2.39. The number of rotatable bonds is 4. The molecule has 1 fully saturated rings. The number of hydrogen-bond acceptors (Lipinski definition) is 1. The van der Waals surface area contributed by atoms with E-state index in [-0.39, 0.29) is 0 Å². The van der Waals surface area contributed by atoms with Crippen LogP contribution in [0.25, 0.3) is 0 Å². The molecule has 0 spiro atoms. The Morgan fingerprint density at radius 1 is 1.19 bits per heavy atom. The Bertz CT molecular complexity index is 192. The van der Waals surface area contributed by atoms with Crippen molar-refractivity contribution < 1.29 is 0 Å². The van der Waals surface area contributed by atoms with Gasteiger partial charge >= 0.3 is 0 Å². The Hall–Kier alpha value is -0.0400. The topological polar surface area (TPSA) is 12.0 Å². The summed E-state index contributed by atoms with van der Waals surface area (Å²) in [6, 6.07) is 0.727. The predicted molar refractivity (Wildman–Crippen MR) is 72.7 cm³/mol. The van der Waals surface area contributed by atoms with Gasteiger partial charge in [0.2, 0.25) is 0 Å². The molecule has 0 aromatic heterocycles. The van der Waals surface area contributed by atoms with Crippen LogP contribution in [0.15, 0.2) is 0 Å². The van der Waals surface area contributed by atoms with E-state index >= 15 is 0 Å². The van der Waals surface area contributed by atoms with Crippen LogP contribution in [-0.2, 0) is 0 Å². The average molecular weight is 225 g/mol. The smallest absolute Gasteiger partial charge is 0.00999 e. The maximum absolute atomic E-state index is 3.59. The van der Waals surface area contributed by atoms with Crippen LogP contribution in [0, 0.1) is 17.3 Å². The van der Waals surface area contributed by atoms with Crippen molar-refractivity contribution in [2.45, 2.75) is 72.3 Å². The molecule has 1 aliphatic rings. The summed E-state index contributed by atoms with van der Waals surface area (Å²) in [7, 11) is 2.15. The maximum Gasteiger partial charge on any atom is 0.00999 e. The molecule has 1 N–H and O–H groups in total. The molecule has 3 atom stereocenters. The van der Waals surface area contributed by atoms with Crippen molar-refractivity contribution in [1.82, 2.24) is 5.32 Å². The normalized spacial score (nSPS) is 29.1. The van der Waals surface area contributed by atoms with Crippen molar-refractivity contribution in [3.63, 3.8) is 0 Å². The summed E-state index contributed by atoms with van der Waals surface area (Å²) < 4.78 is 0. The van der Waals surface area contributed by atoms with Gasteiger partial charge in [-0.15, -0.1) is 0 Å². The van der Waals surface area contributed by atoms with E-state index in [2.05, 4.69) is 40.1 Å². The Morgan fingerprint density at radius 2 is 1.81 bits per heavy atom. The fourth-order valence-corrected chi connectivity index (χ4v) is 3.40. The fourth-order valence-electron chi connectivity index (χ4n) is 3.40. The van der Waals surface area contributed by atoms with Gasteiger partial charge in [0.05, 0.1) is 0 Å². The molecule has 0 bridgehead atoms. The van der Waals surface area contributed by atoms with E-state index in [9.17, 15) is 0 Å². The van der Waals surface area contributed by atoms with Gasteiger partial charge in [0.1, 0.15) is 0 Å². The molecule has 96 valence electrons. The van der Waals surface area contributed by atoms with Crippen LogP contribution >= 0.6 is 0 Å². The van der Waals surface area contributed by atoms with Gasteiger partial charge in [-0.05, 0) is 37.1 Å². The van der Waals surface area contributed by atoms with Crippen molar-refractivity contribution >= 4 is 0 Å². The van der Waals surface area contributed by atoms with E-state index in [1.54, 1.807) is 0 Å². The number of nitrogens with one attached hydrogen (secondary N) is 1. The zero-order valence-corrected chi connectivity index (χ0v) is 12.0. The van der Waals surface area contributed by atoms with Gasteiger partial charge in [-0.1, -0.05) is 53.4 Å². The van der Waals surface area contributed by atoms with Crippen LogP contribution in [0.1, 0.15) is 66.2 Å². The van der Waals surface area contributed by atoms with Gasteiger partial charge < -0.3 is 5.32 Å². The minimum atomic E-state index is 0.448. The summed E-state index contributed by atoms with van der Waals surface area (Å²) in [5, 5.41) is 3.59. The van der Waals surface area contributed by atoms with Crippen LogP contribution in [0.4, 0.5) is 0 Å². The predicted octanol–water partition coefficient (Wildman–Crippen LogP) is 4.23.